The maximum Gasteiger partial charge on any atom is 0.235 e. The first-order valence-electron chi connectivity index (χ1n) is 4.12. The number of amides is 1. The molecule has 0 fully saturated rings. The largest absolute Gasteiger partial charge is 0.368 e. The van der Waals surface area contributed by atoms with Crippen LogP contribution in [0.15, 0.2) is 0 Å². The summed E-state index contributed by atoms with van der Waals surface area (Å²) in [6.07, 6.45) is -0.311. The molecule has 0 aliphatic heterocycles. The monoisotopic (exact) mass is 344 g/mol. The molecule has 2 N–H and O–H groups in total. The van der Waals surface area contributed by atoms with E-state index < -0.39 is 4.83 Å². The Labute approximate surface area is 105 Å². The highest BCUT2D eigenvalue weighted by Gasteiger charge is 2.14. The molecule has 0 aliphatic rings. The first kappa shape index (κ1) is 15.0. The van der Waals surface area contributed by atoms with E-state index in [1.54, 1.807) is 6.92 Å². The number of aliphatic hydroxyl groups is 1. The number of ketones is 1. The number of carbonyl (C=O) groups excluding carboxylic acids is 2. The van der Waals surface area contributed by atoms with Crippen molar-refractivity contribution in [3.05, 3.63) is 6.23 Å². The predicted octanol–water partition coefficient (Wildman–Crippen LogP) is 0.729. The second-order valence-corrected chi connectivity index (χ2v) is 4.65. The van der Waals surface area contributed by atoms with Gasteiger partial charge in [0.1, 0.15) is 6.61 Å². The first-order chi connectivity index (χ1) is 6.97. The molecular formula is C8H12Br2NO4. The van der Waals surface area contributed by atoms with Gasteiger partial charge < -0.3 is 15.2 Å². The summed E-state index contributed by atoms with van der Waals surface area (Å²) in [5.41, 5.74) is 0. The minimum absolute atomic E-state index is 0.102. The molecule has 0 heterocycles. The van der Waals surface area contributed by atoms with Gasteiger partial charge in [0.2, 0.25) is 12.1 Å². The van der Waals surface area contributed by atoms with Crippen LogP contribution in [0.3, 0.4) is 0 Å². The van der Waals surface area contributed by atoms with E-state index in [1.807, 2.05) is 0 Å². The molecule has 1 amide bonds. The number of ether oxygens (including phenoxy) is 1. The highest BCUT2D eigenvalue weighted by Crippen LogP contribution is 1.99. The van der Waals surface area contributed by atoms with Crippen molar-refractivity contribution in [1.82, 2.24) is 5.32 Å². The lowest BCUT2D eigenvalue weighted by Crippen LogP contribution is -2.35. The third-order valence-corrected chi connectivity index (χ3v) is 2.32. The lowest BCUT2D eigenvalue weighted by molar-refractivity contribution is -0.122. The summed E-state index contributed by atoms with van der Waals surface area (Å²) in [6.45, 7) is 1.33. The number of alkyl halides is 2. The van der Waals surface area contributed by atoms with Gasteiger partial charge in [0, 0.05) is 0 Å². The van der Waals surface area contributed by atoms with E-state index in [9.17, 15) is 9.59 Å². The highest BCUT2D eigenvalue weighted by atomic mass is 79.9. The molecule has 7 heteroatoms. The maximum atomic E-state index is 11.0. The average Bonchev–Trinajstić information content (AvgIpc) is 2.17. The van der Waals surface area contributed by atoms with E-state index >= 15 is 0 Å². The number of halogens is 2. The zero-order valence-electron chi connectivity index (χ0n) is 8.13. The minimum atomic E-state index is -0.399. The highest BCUT2D eigenvalue weighted by molar-refractivity contribution is 9.10. The van der Waals surface area contributed by atoms with E-state index in [2.05, 4.69) is 37.2 Å². The first-order valence-corrected chi connectivity index (χ1v) is 6.16. The Morgan fingerprint density at radius 2 is 2.07 bits per heavy atom. The molecule has 1 unspecified atom stereocenters. The van der Waals surface area contributed by atoms with Crippen LogP contribution in [-0.2, 0) is 14.3 Å². The summed E-state index contributed by atoms with van der Waals surface area (Å²) >= 11 is 6.00. The van der Waals surface area contributed by atoms with Crippen molar-refractivity contribution in [3.8, 4) is 0 Å². The van der Waals surface area contributed by atoms with Crippen LogP contribution in [-0.4, -0.2) is 40.2 Å². The van der Waals surface area contributed by atoms with Gasteiger partial charge in [-0.15, -0.1) is 0 Å². The Hall–Kier alpha value is 0.0200. The van der Waals surface area contributed by atoms with Gasteiger partial charge in [0.05, 0.1) is 16.8 Å². The molecule has 15 heavy (non-hydrogen) atoms. The molecule has 0 saturated heterocycles. The fourth-order valence-electron chi connectivity index (χ4n) is 0.578. The van der Waals surface area contributed by atoms with Crippen LogP contribution in [0.2, 0.25) is 0 Å². The molecule has 0 rings (SSSR count). The van der Waals surface area contributed by atoms with Gasteiger partial charge in [-0.05, 0) is 6.92 Å². The molecule has 0 saturated carbocycles. The summed E-state index contributed by atoms with van der Waals surface area (Å²) < 4.78 is 4.83. The summed E-state index contributed by atoms with van der Waals surface area (Å²) in [5.74, 6) is -0.508. The summed E-state index contributed by atoms with van der Waals surface area (Å²) in [4.78, 5) is 21.4. The Bertz CT molecular complexity index is 223. The molecule has 0 aromatic carbocycles. The van der Waals surface area contributed by atoms with Crippen molar-refractivity contribution in [2.24, 2.45) is 0 Å². The Balaban J connectivity index is 3.62. The van der Waals surface area contributed by atoms with Crippen LogP contribution < -0.4 is 5.32 Å². The number of rotatable bonds is 7. The quantitative estimate of drug-likeness (QED) is 0.667. The zero-order chi connectivity index (χ0) is 11.8. The van der Waals surface area contributed by atoms with Gasteiger partial charge in [-0.2, -0.15) is 0 Å². The number of aliphatic hydroxyl groups excluding tert-OH is 1. The molecule has 5 nitrogen and oxygen atoms in total. The molecule has 0 aromatic heterocycles. The second kappa shape index (κ2) is 8.20. The minimum Gasteiger partial charge on any atom is -0.368 e. The topological polar surface area (TPSA) is 75.6 Å². The third kappa shape index (κ3) is 7.89. The van der Waals surface area contributed by atoms with Crippen molar-refractivity contribution in [2.45, 2.75) is 11.8 Å². The van der Waals surface area contributed by atoms with Crippen molar-refractivity contribution >= 4 is 43.6 Å². The normalized spacial score (nSPS) is 12.6. The molecule has 0 aliphatic carbocycles. The maximum absolute atomic E-state index is 11.0. The molecule has 0 bridgehead atoms. The van der Waals surface area contributed by atoms with Crippen LogP contribution in [0.25, 0.3) is 0 Å². The van der Waals surface area contributed by atoms with Gasteiger partial charge in [0.15, 0.2) is 5.78 Å². The number of Topliss-reactive ketones (excluding diaryl/α,β-unsaturated/α-hetero) is 1. The zero-order valence-corrected chi connectivity index (χ0v) is 11.3. The SMILES string of the molecule is CC(Br)C(=O)N[C](O)COCC(=O)CBr. The van der Waals surface area contributed by atoms with Crippen LogP contribution in [0.1, 0.15) is 6.92 Å². The molecule has 0 spiro atoms. The molecular weight excluding hydrogens is 334 g/mol. The standard InChI is InChI=1S/C8H12Br2NO4/c1-5(10)8(14)11-7(13)4-15-3-6(12)2-9/h5,13H,2-4H2,1H3,(H,11,14). The molecule has 1 atom stereocenters. The van der Waals surface area contributed by atoms with Gasteiger partial charge >= 0.3 is 0 Å². The number of hydrogen-bond acceptors (Lipinski definition) is 4. The Kier molecular flexibility index (Phi) is 8.22. The predicted molar refractivity (Wildman–Crippen MR) is 61.3 cm³/mol. The lowest BCUT2D eigenvalue weighted by Gasteiger charge is -2.12. The summed E-state index contributed by atoms with van der Waals surface area (Å²) in [6, 6.07) is 0. The van der Waals surface area contributed by atoms with Crippen LogP contribution in [0.4, 0.5) is 0 Å². The van der Waals surface area contributed by atoms with Gasteiger partial charge in [-0.1, -0.05) is 31.9 Å². The van der Waals surface area contributed by atoms with E-state index in [0.717, 1.165) is 0 Å². The van der Waals surface area contributed by atoms with Crippen molar-refractivity contribution in [3.63, 3.8) is 0 Å². The van der Waals surface area contributed by atoms with Crippen LogP contribution in [0.5, 0.6) is 0 Å². The lowest BCUT2D eigenvalue weighted by atomic mass is 10.4. The van der Waals surface area contributed by atoms with Crippen LogP contribution >= 0.6 is 31.9 Å². The van der Waals surface area contributed by atoms with Crippen molar-refractivity contribution in [2.75, 3.05) is 18.5 Å². The van der Waals surface area contributed by atoms with Gasteiger partial charge in [-0.25, -0.2) is 0 Å². The van der Waals surface area contributed by atoms with Crippen molar-refractivity contribution in [1.29, 1.82) is 0 Å². The summed E-state index contributed by atoms with van der Waals surface area (Å²) in [7, 11) is 0. The average molecular weight is 346 g/mol. The fraction of sp³-hybridized carbons (Fsp3) is 0.625. The third-order valence-electron chi connectivity index (χ3n) is 1.28. The van der Waals surface area contributed by atoms with Crippen LogP contribution in [0, 0.1) is 6.23 Å². The summed E-state index contributed by atoms with van der Waals surface area (Å²) in [5, 5.41) is 11.6. The van der Waals surface area contributed by atoms with Gasteiger partial charge in [-0.3, -0.25) is 9.59 Å². The van der Waals surface area contributed by atoms with E-state index in [4.69, 9.17) is 9.84 Å². The molecule has 87 valence electrons. The smallest absolute Gasteiger partial charge is 0.235 e. The van der Waals surface area contributed by atoms with E-state index in [1.165, 1.54) is 0 Å². The van der Waals surface area contributed by atoms with E-state index in [-0.39, 0.29) is 36.5 Å². The Morgan fingerprint density at radius 1 is 1.47 bits per heavy atom. The fourth-order valence-corrected chi connectivity index (χ4v) is 0.854. The van der Waals surface area contributed by atoms with Crippen molar-refractivity contribution < 1.29 is 19.4 Å². The van der Waals surface area contributed by atoms with E-state index in [0.29, 0.717) is 0 Å². The second-order valence-electron chi connectivity index (χ2n) is 2.72. The number of nitrogens with one attached hydrogen (secondary N) is 1. The van der Waals surface area contributed by atoms with Gasteiger partial charge in [0.25, 0.3) is 0 Å². The molecule has 1 radical (unpaired) electrons. The molecule has 0 aromatic rings. The Morgan fingerprint density at radius 3 is 2.53 bits per heavy atom. The number of hydrogen-bond donors (Lipinski definition) is 2. The number of carbonyl (C=O) groups is 2.